The molecule has 2 aromatic rings. The number of amides is 1. The topological polar surface area (TPSA) is 45.7 Å². The molecule has 1 aromatic heterocycles. The third-order valence-electron chi connectivity index (χ3n) is 5.59. The van der Waals surface area contributed by atoms with Crippen LogP contribution in [0.5, 0.6) is 0 Å². The van der Waals surface area contributed by atoms with Gasteiger partial charge < -0.3 is 14.5 Å². The zero-order valence-electron chi connectivity index (χ0n) is 15.2. The van der Waals surface area contributed by atoms with Crippen molar-refractivity contribution < 1.29 is 13.9 Å². The van der Waals surface area contributed by atoms with Gasteiger partial charge in [0.15, 0.2) is 0 Å². The maximum atomic E-state index is 13.9. The van der Waals surface area contributed by atoms with Gasteiger partial charge in [-0.3, -0.25) is 4.79 Å². The van der Waals surface area contributed by atoms with Gasteiger partial charge in [-0.1, -0.05) is 12.1 Å². The van der Waals surface area contributed by atoms with E-state index in [4.69, 9.17) is 9.72 Å². The molecule has 0 bridgehead atoms. The smallest absolute Gasteiger partial charge is 0.254 e. The molecule has 3 heterocycles. The van der Waals surface area contributed by atoms with Crippen molar-refractivity contribution in [1.29, 1.82) is 0 Å². The summed E-state index contributed by atoms with van der Waals surface area (Å²) in [4.78, 5) is 22.0. The van der Waals surface area contributed by atoms with Crippen LogP contribution in [-0.4, -0.2) is 48.6 Å². The highest BCUT2D eigenvalue weighted by atomic mass is 19.1. The molecule has 6 heteroatoms. The molecule has 0 radical (unpaired) electrons. The molecule has 2 fully saturated rings. The summed E-state index contributed by atoms with van der Waals surface area (Å²) in [5, 5.41) is 0. The Bertz CT molecular complexity index is 891. The molecule has 1 aromatic carbocycles. The average molecular weight is 367 g/mol. The standard InChI is InChI=1S/C21H22FN3O2/c22-16-3-1-2-15(10-16)20-18-13-25(12-14-4-5-14)21(26)17(18)11-19(23-20)24-6-8-27-9-7-24/h1-3,10-11,14H,4-9,12-13H2. The largest absolute Gasteiger partial charge is 0.378 e. The Morgan fingerprint density at radius 2 is 2.00 bits per heavy atom. The Morgan fingerprint density at radius 1 is 1.19 bits per heavy atom. The number of rotatable bonds is 4. The second-order valence-corrected chi connectivity index (χ2v) is 7.59. The van der Waals surface area contributed by atoms with E-state index in [0.717, 1.165) is 42.3 Å². The molecular formula is C21H22FN3O2. The number of morpholine rings is 1. The number of hydrogen-bond acceptors (Lipinski definition) is 4. The van der Waals surface area contributed by atoms with Gasteiger partial charge in [0.1, 0.15) is 11.6 Å². The minimum atomic E-state index is -0.293. The predicted octanol–water partition coefficient (Wildman–Crippen LogP) is 3.09. The number of anilines is 1. The number of carbonyl (C=O) groups excluding carboxylic acids is 1. The second-order valence-electron chi connectivity index (χ2n) is 7.59. The number of nitrogens with zero attached hydrogens (tertiary/aromatic N) is 3. The molecule has 1 saturated heterocycles. The Labute approximate surface area is 157 Å². The highest BCUT2D eigenvalue weighted by Gasteiger charge is 2.35. The van der Waals surface area contributed by atoms with Crippen LogP contribution >= 0.6 is 0 Å². The average Bonchev–Trinajstić information content (AvgIpc) is 3.46. The van der Waals surface area contributed by atoms with Crippen LogP contribution in [0.1, 0.15) is 28.8 Å². The molecule has 0 unspecified atom stereocenters. The minimum absolute atomic E-state index is 0.0754. The van der Waals surface area contributed by atoms with E-state index in [0.29, 0.717) is 31.2 Å². The summed E-state index contributed by atoms with van der Waals surface area (Å²) in [5.74, 6) is 1.19. The number of pyridine rings is 1. The molecule has 1 saturated carbocycles. The minimum Gasteiger partial charge on any atom is -0.378 e. The van der Waals surface area contributed by atoms with Gasteiger partial charge in [-0.05, 0) is 37.0 Å². The lowest BCUT2D eigenvalue weighted by molar-refractivity contribution is 0.0771. The highest BCUT2D eigenvalue weighted by molar-refractivity contribution is 6.01. The van der Waals surface area contributed by atoms with Crippen LogP contribution in [0.25, 0.3) is 11.3 Å². The number of fused-ring (bicyclic) bond motifs is 1. The molecule has 3 aliphatic rings. The second kappa shape index (κ2) is 6.60. The van der Waals surface area contributed by atoms with E-state index in [2.05, 4.69) is 4.90 Å². The molecule has 0 spiro atoms. The molecule has 2 aliphatic heterocycles. The Hall–Kier alpha value is -2.47. The summed E-state index contributed by atoms with van der Waals surface area (Å²) in [5.41, 5.74) is 3.08. The van der Waals surface area contributed by atoms with Crippen molar-refractivity contribution in [2.45, 2.75) is 19.4 Å². The Balaban J connectivity index is 1.59. The maximum absolute atomic E-state index is 13.9. The third kappa shape index (κ3) is 3.18. The van der Waals surface area contributed by atoms with Gasteiger partial charge in [-0.15, -0.1) is 0 Å². The van der Waals surface area contributed by atoms with Crippen LogP contribution < -0.4 is 4.90 Å². The summed E-state index contributed by atoms with van der Waals surface area (Å²) in [6, 6.07) is 8.40. The lowest BCUT2D eigenvalue weighted by atomic mass is 10.0. The van der Waals surface area contributed by atoms with Crippen LogP contribution in [-0.2, 0) is 11.3 Å². The number of hydrogen-bond donors (Lipinski definition) is 0. The first-order valence-corrected chi connectivity index (χ1v) is 9.61. The predicted molar refractivity (Wildman–Crippen MR) is 100 cm³/mol. The number of carbonyl (C=O) groups is 1. The molecule has 1 aliphatic carbocycles. The quantitative estimate of drug-likeness (QED) is 0.833. The fraction of sp³-hybridized carbons (Fsp3) is 0.429. The Morgan fingerprint density at radius 3 is 2.74 bits per heavy atom. The summed E-state index contributed by atoms with van der Waals surface area (Å²) in [7, 11) is 0. The normalized spacial score (nSPS) is 19.5. The molecule has 140 valence electrons. The summed E-state index contributed by atoms with van der Waals surface area (Å²) in [6.45, 7) is 4.16. The maximum Gasteiger partial charge on any atom is 0.254 e. The van der Waals surface area contributed by atoms with Crippen LogP contribution in [0.3, 0.4) is 0 Å². The van der Waals surface area contributed by atoms with Crippen molar-refractivity contribution in [2.24, 2.45) is 5.92 Å². The van der Waals surface area contributed by atoms with E-state index in [1.54, 1.807) is 6.07 Å². The van der Waals surface area contributed by atoms with Crippen molar-refractivity contribution in [3.63, 3.8) is 0 Å². The van der Waals surface area contributed by atoms with Gasteiger partial charge in [-0.25, -0.2) is 9.37 Å². The number of benzene rings is 1. The van der Waals surface area contributed by atoms with Crippen LogP contribution in [0.2, 0.25) is 0 Å². The monoisotopic (exact) mass is 367 g/mol. The fourth-order valence-electron chi connectivity index (χ4n) is 3.93. The van der Waals surface area contributed by atoms with Crippen LogP contribution in [0.15, 0.2) is 30.3 Å². The molecule has 27 heavy (non-hydrogen) atoms. The number of ether oxygens (including phenoxy) is 1. The molecule has 1 amide bonds. The van der Waals surface area contributed by atoms with E-state index in [9.17, 15) is 9.18 Å². The lowest BCUT2D eigenvalue weighted by Gasteiger charge is -2.28. The van der Waals surface area contributed by atoms with E-state index in [-0.39, 0.29) is 11.7 Å². The lowest BCUT2D eigenvalue weighted by Crippen LogP contribution is -2.37. The van der Waals surface area contributed by atoms with E-state index in [1.165, 1.54) is 25.0 Å². The first-order chi connectivity index (χ1) is 13.2. The summed E-state index contributed by atoms with van der Waals surface area (Å²) >= 11 is 0. The summed E-state index contributed by atoms with van der Waals surface area (Å²) in [6.07, 6.45) is 2.41. The van der Waals surface area contributed by atoms with Crippen LogP contribution in [0, 0.1) is 11.7 Å². The zero-order chi connectivity index (χ0) is 18.4. The number of halogens is 1. The van der Waals surface area contributed by atoms with Gasteiger partial charge in [0.05, 0.1) is 24.5 Å². The van der Waals surface area contributed by atoms with Crippen LogP contribution in [0.4, 0.5) is 10.2 Å². The van der Waals surface area contributed by atoms with Gasteiger partial charge in [0.2, 0.25) is 0 Å². The fourth-order valence-corrected chi connectivity index (χ4v) is 3.93. The van der Waals surface area contributed by atoms with Gasteiger partial charge >= 0.3 is 0 Å². The molecular weight excluding hydrogens is 345 g/mol. The van der Waals surface area contributed by atoms with Crippen molar-refractivity contribution in [2.75, 3.05) is 37.7 Å². The van der Waals surface area contributed by atoms with E-state index in [1.807, 2.05) is 17.0 Å². The third-order valence-corrected chi connectivity index (χ3v) is 5.59. The van der Waals surface area contributed by atoms with E-state index >= 15 is 0 Å². The van der Waals surface area contributed by atoms with Gasteiger partial charge in [-0.2, -0.15) is 0 Å². The van der Waals surface area contributed by atoms with Crippen molar-refractivity contribution >= 4 is 11.7 Å². The van der Waals surface area contributed by atoms with E-state index < -0.39 is 0 Å². The number of aromatic nitrogens is 1. The molecule has 5 nitrogen and oxygen atoms in total. The molecule has 5 rings (SSSR count). The summed E-state index contributed by atoms with van der Waals surface area (Å²) < 4.78 is 19.3. The first-order valence-electron chi connectivity index (χ1n) is 9.61. The highest BCUT2D eigenvalue weighted by Crippen LogP contribution is 2.37. The Kier molecular flexibility index (Phi) is 4.08. The SMILES string of the molecule is O=C1c2cc(N3CCOCC3)nc(-c3cccc(F)c3)c2CN1CC1CC1. The van der Waals surface area contributed by atoms with Crippen molar-refractivity contribution in [1.82, 2.24) is 9.88 Å². The molecule has 0 N–H and O–H groups in total. The van der Waals surface area contributed by atoms with Gasteiger partial charge in [0.25, 0.3) is 5.91 Å². The zero-order valence-corrected chi connectivity index (χ0v) is 15.2. The molecule has 0 atom stereocenters. The van der Waals surface area contributed by atoms with Crippen molar-refractivity contribution in [3.8, 4) is 11.3 Å². The van der Waals surface area contributed by atoms with Gasteiger partial charge in [0, 0.05) is 37.3 Å². The first kappa shape index (κ1) is 16.7. The van der Waals surface area contributed by atoms with Crippen molar-refractivity contribution in [3.05, 3.63) is 47.3 Å².